The van der Waals surface area contributed by atoms with Gasteiger partial charge >= 0.3 is 0 Å². The van der Waals surface area contributed by atoms with Crippen molar-refractivity contribution >= 4 is 102 Å². The Morgan fingerprint density at radius 2 is 0.772 bits per heavy atom. The zero-order valence-electron chi connectivity index (χ0n) is 42.2. The number of nitrogens with zero attached hydrogens (tertiary/aromatic N) is 4. The smallest absolute Gasteiger partial charge is 0.259 e. The Hall–Kier alpha value is -10.7. The predicted octanol–water partition coefficient (Wildman–Crippen LogP) is 15.4. The number of carbonyl (C=O) groups excluding carboxylic acids is 4. The topological polar surface area (TPSA) is 225 Å². The molecule has 0 heterocycles. The highest BCUT2D eigenvalue weighted by Crippen LogP contribution is 2.43. The summed E-state index contributed by atoms with van der Waals surface area (Å²) in [6.45, 7) is 0. The molecule has 6 N–H and O–H groups in total. The number of carbonyl (C=O) groups is 4. The first kappa shape index (κ1) is 51.8. The molecule has 10 aromatic rings. The van der Waals surface area contributed by atoms with Gasteiger partial charge in [0, 0.05) is 54.4 Å². The Balaban J connectivity index is 0.849. The number of rotatable bonds is 16. The van der Waals surface area contributed by atoms with Gasteiger partial charge < -0.3 is 41.0 Å². The third kappa shape index (κ3) is 11.9. The van der Waals surface area contributed by atoms with Gasteiger partial charge in [0.15, 0.2) is 11.5 Å². The summed E-state index contributed by atoms with van der Waals surface area (Å²) in [5, 5.41) is 54.9. The monoisotopic (exact) mass is 1060 g/mol. The van der Waals surface area contributed by atoms with Crippen molar-refractivity contribution in [2.24, 2.45) is 20.5 Å². The second-order valence-corrected chi connectivity index (χ2v) is 18.7. The zero-order chi connectivity index (χ0) is 54.8. The molecular weight excluding hydrogens is 1020 g/mol. The molecule has 4 amide bonds. The Morgan fingerprint density at radius 1 is 0.392 bits per heavy atom. The highest BCUT2D eigenvalue weighted by atomic mass is 32.2. The molecule has 0 fully saturated rings. The van der Waals surface area contributed by atoms with Gasteiger partial charge in [-0.1, -0.05) is 109 Å². The van der Waals surface area contributed by atoms with E-state index in [0.717, 1.165) is 9.79 Å². The van der Waals surface area contributed by atoms with E-state index in [9.17, 15) is 29.4 Å². The first-order chi connectivity index (χ1) is 38.5. The molecule has 0 aromatic heterocycles. The van der Waals surface area contributed by atoms with Gasteiger partial charge in [0.25, 0.3) is 23.6 Å². The number of anilines is 4. The van der Waals surface area contributed by atoms with Gasteiger partial charge in [-0.05, 0) is 120 Å². The van der Waals surface area contributed by atoms with Gasteiger partial charge in [0.2, 0.25) is 0 Å². The van der Waals surface area contributed by atoms with Crippen LogP contribution in [-0.4, -0.2) is 48.1 Å². The first-order valence-corrected chi connectivity index (χ1v) is 25.3. The highest BCUT2D eigenvalue weighted by Gasteiger charge is 2.22. The normalized spacial score (nSPS) is 11.2. The molecule has 0 radical (unpaired) electrons. The lowest BCUT2D eigenvalue weighted by atomic mass is 10.0. The number of fused-ring (bicyclic) bond motifs is 2. The SMILES string of the molecule is COc1ccc(C(=O)Nc2ccccc2)cc1N=Nc1c(O)c(C(=O)Nc2cccc(Sc3cccc(NC(=O)c4cc5ccccc5c(N=Nc5cc(C(=O)Nc6ccccc6)ccc5OC)c4O)c3)c2)cc2ccccc12. The largest absolute Gasteiger partial charge is 0.505 e. The fraction of sp³-hybridized carbons (Fsp3) is 0.0323. The molecule has 10 rings (SSSR count). The van der Waals surface area contributed by atoms with Crippen molar-refractivity contribution in [2.45, 2.75) is 9.79 Å². The molecule has 0 saturated heterocycles. The van der Waals surface area contributed by atoms with Gasteiger partial charge in [-0.3, -0.25) is 19.2 Å². The zero-order valence-corrected chi connectivity index (χ0v) is 43.0. The van der Waals surface area contributed by atoms with Crippen LogP contribution in [0.4, 0.5) is 45.5 Å². The Bertz CT molecular complexity index is 3790. The van der Waals surface area contributed by atoms with E-state index in [1.807, 2.05) is 48.5 Å². The van der Waals surface area contributed by atoms with Crippen LogP contribution < -0.4 is 30.7 Å². The standard InChI is InChI=1S/C62H46N8O8S/c1-77-53-29-27-39(59(73)63-41-17-5-3-6-18-41)33-51(53)67-69-55-47-25-11-9-15-37(47)31-49(57(55)71)61(75)65-43-21-13-23-45(35-43)79-46-24-14-22-44(36-46)66-62(76)50-32-38-16-10-12-26-48(38)56(58(50)72)70-68-52-34-40(28-30-54(52)78-2)60(74)64-42-19-7-4-8-20-42/h3-36,71-72H,1-2H3,(H,63,73)(H,64,74)(H,65,75)(H,66,76). The molecule has 79 heavy (non-hydrogen) atoms. The van der Waals surface area contributed by atoms with Crippen LogP contribution in [0.25, 0.3) is 21.5 Å². The molecule has 17 heteroatoms. The van der Waals surface area contributed by atoms with Crippen LogP contribution in [0.1, 0.15) is 41.4 Å². The fourth-order valence-electron chi connectivity index (χ4n) is 8.47. The number of nitrogens with one attached hydrogen (secondary N) is 4. The first-order valence-electron chi connectivity index (χ1n) is 24.4. The number of phenols is 2. The third-order valence-corrected chi connectivity index (χ3v) is 13.3. The van der Waals surface area contributed by atoms with E-state index in [1.165, 1.54) is 38.1 Å². The average molecular weight is 1060 g/mol. The number of phenolic OH excluding ortho intramolecular Hbond substituents is 2. The minimum atomic E-state index is -0.609. The van der Waals surface area contributed by atoms with Crippen LogP contribution in [-0.2, 0) is 0 Å². The predicted molar refractivity (Wildman–Crippen MR) is 307 cm³/mol. The molecule has 0 atom stereocenters. The van der Waals surface area contributed by atoms with Crippen LogP contribution >= 0.6 is 11.8 Å². The molecule has 0 aliphatic heterocycles. The molecule has 10 aromatic carbocycles. The highest BCUT2D eigenvalue weighted by molar-refractivity contribution is 7.99. The number of benzene rings is 10. The number of hydrogen-bond donors (Lipinski definition) is 6. The third-order valence-electron chi connectivity index (χ3n) is 12.4. The van der Waals surface area contributed by atoms with Crippen molar-refractivity contribution in [3.8, 4) is 23.0 Å². The molecule has 0 saturated carbocycles. The summed E-state index contributed by atoms with van der Waals surface area (Å²) in [6.07, 6.45) is 0. The van der Waals surface area contributed by atoms with E-state index in [0.29, 0.717) is 66.9 Å². The maximum Gasteiger partial charge on any atom is 0.259 e. The number of methoxy groups -OCH3 is 2. The van der Waals surface area contributed by atoms with Gasteiger partial charge in [-0.25, -0.2) is 0 Å². The summed E-state index contributed by atoms with van der Waals surface area (Å²) in [4.78, 5) is 55.9. The van der Waals surface area contributed by atoms with E-state index >= 15 is 0 Å². The second-order valence-electron chi connectivity index (χ2n) is 17.6. The summed E-state index contributed by atoms with van der Waals surface area (Å²) in [5.74, 6) is -2.12. The molecule has 0 spiro atoms. The summed E-state index contributed by atoms with van der Waals surface area (Å²) >= 11 is 1.37. The maximum absolute atomic E-state index is 14.0. The number of amides is 4. The van der Waals surface area contributed by atoms with Crippen LogP contribution in [0.3, 0.4) is 0 Å². The Morgan fingerprint density at radius 3 is 1.19 bits per heavy atom. The summed E-state index contributed by atoms with van der Waals surface area (Å²) in [7, 11) is 2.93. The Labute approximate surface area is 456 Å². The summed E-state index contributed by atoms with van der Waals surface area (Å²) in [5.41, 5.74) is 3.09. The molecule has 0 unspecified atom stereocenters. The second kappa shape index (κ2) is 23.5. The van der Waals surface area contributed by atoms with Crippen LogP contribution in [0, 0.1) is 0 Å². The van der Waals surface area contributed by atoms with Crippen molar-refractivity contribution in [3.05, 3.63) is 229 Å². The van der Waals surface area contributed by atoms with E-state index in [1.54, 1.807) is 146 Å². The number of aromatic hydroxyl groups is 2. The lowest BCUT2D eigenvalue weighted by molar-refractivity contribution is 0.101. The van der Waals surface area contributed by atoms with Crippen molar-refractivity contribution in [1.29, 1.82) is 0 Å². The summed E-state index contributed by atoms with van der Waals surface area (Å²) in [6, 6.07) is 59.1. The lowest BCUT2D eigenvalue weighted by Crippen LogP contribution is -2.12. The Kier molecular flexibility index (Phi) is 15.4. The quantitative estimate of drug-likeness (QED) is 0.0506. The fourth-order valence-corrected chi connectivity index (χ4v) is 9.40. The molecule has 0 bridgehead atoms. The van der Waals surface area contributed by atoms with Gasteiger partial charge in [0.1, 0.15) is 34.2 Å². The molecule has 0 aliphatic rings. The van der Waals surface area contributed by atoms with E-state index in [4.69, 9.17) is 9.47 Å². The van der Waals surface area contributed by atoms with E-state index in [2.05, 4.69) is 41.7 Å². The molecule has 388 valence electrons. The van der Waals surface area contributed by atoms with E-state index in [-0.39, 0.29) is 45.7 Å². The lowest BCUT2D eigenvalue weighted by Gasteiger charge is -2.13. The van der Waals surface area contributed by atoms with Crippen LogP contribution in [0.15, 0.2) is 237 Å². The molecular formula is C62H46N8O8S. The molecule has 16 nitrogen and oxygen atoms in total. The van der Waals surface area contributed by atoms with Crippen LogP contribution in [0.2, 0.25) is 0 Å². The van der Waals surface area contributed by atoms with Crippen molar-refractivity contribution in [3.63, 3.8) is 0 Å². The van der Waals surface area contributed by atoms with Gasteiger partial charge in [-0.2, -0.15) is 0 Å². The van der Waals surface area contributed by atoms with Crippen molar-refractivity contribution in [1.82, 2.24) is 0 Å². The minimum Gasteiger partial charge on any atom is -0.505 e. The minimum absolute atomic E-state index is 0.0354. The van der Waals surface area contributed by atoms with Gasteiger partial charge in [0.05, 0.1) is 25.3 Å². The average Bonchev–Trinajstić information content (AvgIpc) is 3.52. The van der Waals surface area contributed by atoms with Crippen molar-refractivity contribution in [2.75, 3.05) is 35.5 Å². The van der Waals surface area contributed by atoms with Crippen LogP contribution in [0.5, 0.6) is 23.0 Å². The number of azo groups is 2. The van der Waals surface area contributed by atoms with E-state index < -0.39 is 23.3 Å². The number of hydrogen-bond acceptors (Lipinski definition) is 13. The maximum atomic E-state index is 14.0. The summed E-state index contributed by atoms with van der Waals surface area (Å²) < 4.78 is 11.0. The molecule has 0 aliphatic carbocycles. The van der Waals surface area contributed by atoms with Gasteiger partial charge in [-0.15, -0.1) is 20.5 Å². The number of para-hydroxylation sites is 2. The number of ether oxygens (including phenoxy) is 2. The van der Waals surface area contributed by atoms with Crippen molar-refractivity contribution < 1.29 is 38.9 Å².